The van der Waals surface area contributed by atoms with Crippen molar-refractivity contribution in [2.45, 2.75) is 19.3 Å². The van der Waals surface area contributed by atoms with Crippen LogP contribution in [0.15, 0.2) is 24.3 Å². The predicted molar refractivity (Wildman–Crippen MR) is 89.4 cm³/mol. The molecule has 0 spiro atoms. The Morgan fingerprint density at radius 1 is 1.05 bits per heavy atom. The third-order valence-corrected chi connectivity index (χ3v) is 4.25. The van der Waals surface area contributed by atoms with Crippen LogP contribution in [0.3, 0.4) is 0 Å². The van der Waals surface area contributed by atoms with E-state index in [-0.39, 0.29) is 0 Å². The van der Waals surface area contributed by atoms with Crippen LogP contribution in [0.1, 0.15) is 19.3 Å². The summed E-state index contributed by atoms with van der Waals surface area (Å²) in [6.07, 6.45) is 3.84. The number of hydrogen-bond acceptors (Lipinski definition) is 4. The third kappa shape index (κ3) is 4.32. The SMILES string of the molecule is COc1ccccc1N1CCN(CCCCCS)CC1. The fourth-order valence-corrected chi connectivity index (χ4v) is 2.95. The van der Waals surface area contributed by atoms with E-state index < -0.39 is 0 Å². The molecule has 1 aliphatic rings. The average Bonchev–Trinajstić information content (AvgIpc) is 2.52. The fraction of sp³-hybridized carbons (Fsp3) is 0.625. The maximum Gasteiger partial charge on any atom is 0.142 e. The maximum absolute atomic E-state index is 5.45. The number of anilines is 1. The lowest BCUT2D eigenvalue weighted by atomic mass is 10.2. The molecule has 3 nitrogen and oxygen atoms in total. The van der Waals surface area contributed by atoms with E-state index in [0.717, 1.165) is 37.7 Å². The molecule has 0 aliphatic carbocycles. The summed E-state index contributed by atoms with van der Waals surface area (Å²) in [5, 5.41) is 0. The first-order valence-corrected chi connectivity index (χ1v) is 8.19. The Labute approximate surface area is 128 Å². The molecule has 0 N–H and O–H groups in total. The Kier molecular flexibility index (Phi) is 6.54. The quantitative estimate of drug-likeness (QED) is 0.615. The normalized spacial score (nSPS) is 16.4. The van der Waals surface area contributed by atoms with Gasteiger partial charge in [-0.05, 0) is 37.3 Å². The minimum atomic E-state index is 0.981. The van der Waals surface area contributed by atoms with Gasteiger partial charge in [0.2, 0.25) is 0 Å². The molecule has 0 saturated carbocycles. The topological polar surface area (TPSA) is 15.7 Å². The molecule has 0 unspecified atom stereocenters. The molecule has 112 valence electrons. The number of ether oxygens (including phenoxy) is 1. The third-order valence-electron chi connectivity index (χ3n) is 3.93. The lowest BCUT2D eigenvalue weighted by molar-refractivity contribution is 0.252. The second-order valence-electron chi connectivity index (χ2n) is 5.28. The highest BCUT2D eigenvalue weighted by molar-refractivity contribution is 7.80. The van der Waals surface area contributed by atoms with Crippen LogP contribution in [0, 0.1) is 0 Å². The molecule has 1 saturated heterocycles. The summed E-state index contributed by atoms with van der Waals surface area (Å²) >= 11 is 4.26. The zero-order valence-electron chi connectivity index (χ0n) is 12.4. The number of rotatable bonds is 7. The Morgan fingerprint density at radius 3 is 2.50 bits per heavy atom. The number of benzene rings is 1. The predicted octanol–water partition coefficient (Wildman–Crippen LogP) is 2.92. The lowest BCUT2D eigenvalue weighted by Gasteiger charge is -2.36. The van der Waals surface area contributed by atoms with E-state index in [2.05, 4.69) is 34.6 Å². The van der Waals surface area contributed by atoms with Crippen LogP contribution in [0.5, 0.6) is 5.75 Å². The van der Waals surface area contributed by atoms with Crippen molar-refractivity contribution in [3.63, 3.8) is 0 Å². The Balaban J connectivity index is 1.79. The highest BCUT2D eigenvalue weighted by Gasteiger charge is 2.18. The smallest absolute Gasteiger partial charge is 0.142 e. The van der Waals surface area contributed by atoms with Gasteiger partial charge in [0.05, 0.1) is 12.8 Å². The van der Waals surface area contributed by atoms with Crippen LogP contribution < -0.4 is 9.64 Å². The van der Waals surface area contributed by atoms with Crippen LogP contribution in [0.4, 0.5) is 5.69 Å². The van der Waals surface area contributed by atoms with Gasteiger partial charge in [-0.15, -0.1) is 0 Å². The molecule has 4 heteroatoms. The molecular formula is C16H26N2OS. The van der Waals surface area contributed by atoms with E-state index >= 15 is 0 Å². The van der Waals surface area contributed by atoms with Gasteiger partial charge in [-0.3, -0.25) is 4.90 Å². The van der Waals surface area contributed by atoms with E-state index in [9.17, 15) is 0 Å². The van der Waals surface area contributed by atoms with Crippen molar-refractivity contribution < 1.29 is 4.74 Å². The molecule has 2 rings (SSSR count). The van der Waals surface area contributed by atoms with Crippen LogP contribution in [-0.4, -0.2) is 50.5 Å². The van der Waals surface area contributed by atoms with E-state index in [0.29, 0.717) is 0 Å². The van der Waals surface area contributed by atoms with E-state index in [1.165, 1.54) is 31.5 Å². The molecule has 1 fully saturated rings. The summed E-state index contributed by atoms with van der Waals surface area (Å²) in [6.45, 7) is 5.71. The van der Waals surface area contributed by atoms with Gasteiger partial charge >= 0.3 is 0 Å². The number of hydrogen-bond donors (Lipinski definition) is 1. The van der Waals surface area contributed by atoms with Crippen molar-refractivity contribution in [3.05, 3.63) is 24.3 Å². The van der Waals surface area contributed by atoms with Crippen LogP contribution in [-0.2, 0) is 0 Å². The first-order chi connectivity index (χ1) is 9.85. The Morgan fingerprint density at radius 2 is 1.80 bits per heavy atom. The van der Waals surface area contributed by atoms with Crippen molar-refractivity contribution in [1.29, 1.82) is 0 Å². The summed E-state index contributed by atoms with van der Waals surface area (Å²) in [5.74, 6) is 2.00. The van der Waals surface area contributed by atoms with Gasteiger partial charge in [-0.2, -0.15) is 12.6 Å². The van der Waals surface area contributed by atoms with Crippen LogP contribution in [0.25, 0.3) is 0 Å². The summed E-state index contributed by atoms with van der Waals surface area (Å²) < 4.78 is 5.45. The Bertz CT molecular complexity index is 392. The zero-order valence-corrected chi connectivity index (χ0v) is 13.3. The molecule has 0 aromatic heterocycles. The molecule has 1 aromatic rings. The molecule has 1 aromatic carbocycles. The maximum atomic E-state index is 5.45. The first kappa shape index (κ1) is 15.5. The molecule has 1 heterocycles. The fourth-order valence-electron chi connectivity index (χ4n) is 2.73. The summed E-state index contributed by atoms with van der Waals surface area (Å²) in [6, 6.07) is 8.31. The molecule has 20 heavy (non-hydrogen) atoms. The highest BCUT2D eigenvalue weighted by Crippen LogP contribution is 2.28. The van der Waals surface area contributed by atoms with Crippen LogP contribution in [0.2, 0.25) is 0 Å². The largest absolute Gasteiger partial charge is 0.495 e. The average molecular weight is 294 g/mol. The van der Waals surface area contributed by atoms with Crippen molar-refractivity contribution in [2.24, 2.45) is 0 Å². The van der Waals surface area contributed by atoms with E-state index in [1.807, 2.05) is 12.1 Å². The van der Waals surface area contributed by atoms with Crippen molar-refractivity contribution in [3.8, 4) is 5.75 Å². The first-order valence-electron chi connectivity index (χ1n) is 7.56. The summed E-state index contributed by atoms with van der Waals surface area (Å²) in [4.78, 5) is 5.01. The summed E-state index contributed by atoms with van der Waals surface area (Å²) in [5.41, 5.74) is 1.23. The van der Waals surface area contributed by atoms with Crippen LogP contribution >= 0.6 is 12.6 Å². The number of piperazine rings is 1. The molecule has 0 bridgehead atoms. The van der Waals surface area contributed by atoms with Gasteiger partial charge in [0.1, 0.15) is 5.75 Å². The van der Waals surface area contributed by atoms with Gasteiger partial charge in [-0.25, -0.2) is 0 Å². The van der Waals surface area contributed by atoms with Crippen molar-refractivity contribution in [1.82, 2.24) is 4.90 Å². The van der Waals surface area contributed by atoms with Gasteiger partial charge in [-0.1, -0.05) is 18.6 Å². The monoisotopic (exact) mass is 294 g/mol. The lowest BCUT2D eigenvalue weighted by Crippen LogP contribution is -2.46. The second kappa shape index (κ2) is 8.42. The van der Waals surface area contributed by atoms with Gasteiger partial charge < -0.3 is 9.64 Å². The molecular weight excluding hydrogens is 268 g/mol. The van der Waals surface area contributed by atoms with Gasteiger partial charge in [0.15, 0.2) is 0 Å². The number of thiol groups is 1. The molecule has 1 aliphatic heterocycles. The molecule has 0 amide bonds. The number of nitrogens with zero attached hydrogens (tertiary/aromatic N) is 2. The van der Waals surface area contributed by atoms with Gasteiger partial charge in [0.25, 0.3) is 0 Å². The van der Waals surface area contributed by atoms with Crippen molar-refractivity contribution >= 4 is 18.3 Å². The number of para-hydroxylation sites is 2. The summed E-state index contributed by atoms with van der Waals surface area (Å²) in [7, 11) is 1.75. The second-order valence-corrected chi connectivity index (χ2v) is 5.73. The van der Waals surface area contributed by atoms with E-state index in [4.69, 9.17) is 4.74 Å². The molecule has 0 atom stereocenters. The minimum Gasteiger partial charge on any atom is -0.495 e. The van der Waals surface area contributed by atoms with Gasteiger partial charge in [0, 0.05) is 26.2 Å². The Hall–Kier alpha value is -0.870. The number of methoxy groups -OCH3 is 1. The minimum absolute atomic E-state index is 0.981. The highest BCUT2D eigenvalue weighted by atomic mass is 32.1. The molecule has 0 radical (unpaired) electrons. The standard InChI is InChI=1S/C16H26N2OS/c1-19-16-8-4-3-7-15(16)18-12-10-17(11-13-18)9-5-2-6-14-20/h3-4,7-8,20H,2,5-6,9-14H2,1H3. The van der Waals surface area contributed by atoms with E-state index in [1.54, 1.807) is 7.11 Å². The zero-order chi connectivity index (χ0) is 14.2. The van der Waals surface area contributed by atoms with Crippen molar-refractivity contribution in [2.75, 3.05) is 50.5 Å². The number of unbranched alkanes of at least 4 members (excludes halogenated alkanes) is 2.